The zero-order chi connectivity index (χ0) is 14.4. The molecule has 0 saturated carbocycles. The monoisotopic (exact) mass is 291 g/mol. The molecule has 0 radical (unpaired) electrons. The van der Waals surface area contributed by atoms with Crippen molar-refractivity contribution in [3.63, 3.8) is 0 Å². The Labute approximate surface area is 123 Å². The Balaban J connectivity index is 1.75. The summed E-state index contributed by atoms with van der Waals surface area (Å²) in [5, 5.41) is 6.37. The zero-order valence-electron chi connectivity index (χ0n) is 11.3. The van der Waals surface area contributed by atoms with Crippen molar-refractivity contribution >= 4 is 23.3 Å². The van der Waals surface area contributed by atoms with E-state index in [-0.39, 0.29) is 5.97 Å². The summed E-state index contributed by atoms with van der Waals surface area (Å²) in [5.41, 5.74) is 2.50. The third-order valence-corrected chi connectivity index (χ3v) is 3.24. The smallest absolute Gasteiger partial charge is 0.337 e. The number of thiocarbonyl (C=S) groups is 1. The zero-order valence-corrected chi connectivity index (χ0v) is 12.1. The first kappa shape index (κ1) is 14.5. The van der Waals surface area contributed by atoms with Gasteiger partial charge in [0.1, 0.15) is 0 Å². The minimum Gasteiger partial charge on any atom is -0.462 e. The van der Waals surface area contributed by atoms with Crippen LogP contribution in [0.1, 0.15) is 18.9 Å². The maximum absolute atomic E-state index is 11.9. The van der Waals surface area contributed by atoms with Gasteiger partial charge in [0.05, 0.1) is 18.7 Å². The quantitative estimate of drug-likeness (QED) is 0.484. The summed E-state index contributed by atoms with van der Waals surface area (Å²) in [4.78, 5) is 16.0. The molecular weight excluding hydrogens is 274 g/mol. The molecule has 1 aromatic rings. The van der Waals surface area contributed by atoms with Gasteiger partial charge in [-0.25, -0.2) is 4.79 Å². The number of pyridine rings is 1. The molecule has 0 bridgehead atoms. The standard InChI is InChI=1S/C14H17N3O2S/c1-10-12(9-16-14(20)17-10)13(18)19-7-3-5-11-4-2-6-15-8-11/h2,4,6,8H,3,5,7,9H2,1H3,(H2,16,17,20). The molecule has 1 aliphatic heterocycles. The lowest BCUT2D eigenvalue weighted by atomic mass is 10.1. The van der Waals surface area contributed by atoms with Crippen molar-refractivity contribution in [2.24, 2.45) is 0 Å². The Kier molecular flexibility index (Phi) is 5.06. The fourth-order valence-corrected chi connectivity index (χ4v) is 2.12. The van der Waals surface area contributed by atoms with Gasteiger partial charge in [-0.1, -0.05) is 6.07 Å². The average Bonchev–Trinajstić information content (AvgIpc) is 2.44. The number of aryl methyl sites for hydroxylation is 1. The van der Waals surface area contributed by atoms with Crippen LogP contribution in [-0.4, -0.2) is 29.2 Å². The van der Waals surface area contributed by atoms with Crippen molar-refractivity contribution in [1.82, 2.24) is 15.6 Å². The van der Waals surface area contributed by atoms with Gasteiger partial charge in [-0.2, -0.15) is 0 Å². The number of nitrogens with zero attached hydrogens (tertiary/aromatic N) is 1. The molecule has 6 heteroatoms. The predicted molar refractivity (Wildman–Crippen MR) is 80.0 cm³/mol. The molecule has 0 atom stereocenters. The Morgan fingerprint density at radius 1 is 1.55 bits per heavy atom. The van der Waals surface area contributed by atoms with E-state index in [2.05, 4.69) is 15.6 Å². The number of nitrogens with one attached hydrogen (secondary N) is 2. The highest BCUT2D eigenvalue weighted by atomic mass is 32.1. The third kappa shape index (κ3) is 4.03. The summed E-state index contributed by atoms with van der Waals surface area (Å²) in [6.07, 6.45) is 5.19. The average molecular weight is 291 g/mol. The van der Waals surface area contributed by atoms with Crippen LogP contribution in [0.15, 0.2) is 35.8 Å². The van der Waals surface area contributed by atoms with Crippen LogP contribution in [0.2, 0.25) is 0 Å². The molecule has 1 aliphatic rings. The van der Waals surface area contributed by atoms with Gasteiger partial charge in [0.2, 0.25) is 0 Å². The highest BCUT2D eigenvalue weighted by molar-refractivity contribution is 7.80. The maximum atomic E-state index is 11.9. The van der Waals surface area contributed by atoms with Crippen LogP contribution >= 0.6 is 12.2 Å². The minimum atomic E-state index is -0.295. The normalized spacial score (nSPS) is 14.6. The van der Waals surface area contributed by atoms with Crippen molar-refractivity contribution in [2.75, 3.05) is 13.2 Å². The summed E-state index contributed by atoms with van der Waals surface area (Å²) < 4.78 is 5.27. The topological polar surface area (TPSA) is 63.2 Å². The molecule has 0 spiro atoms. The fraction of sp³-hybridized carbons (Fsp3) is 0.357. The van der Waals surface area contributed by atoms with Crippen LogP contribution in [0.4, 0.5) is 0 Å². The van der Waals surface area contributed by atoms with E-state index in [9.17, 15) is 4.79 Å². The van der Waals surface area contributed by atoms with Crippen LogP contribution in [0.5, 0.6) is 0 Å². The second-order valence-electron chi connectivity index (χ2n) is 4.51. The van der Waals surface area contributed by atoms with Crippen molar-refractivity contribution in [1.29, 1.82) is 0 Å². The first-order valence-electron chi connectivity index (χ1n) is 6.47. The summed E-state index contributed by atoms with van der Waals surface area (Å²) in [6, 6.07) is 3.91. The number of ether oxygens (including phenoxy) is 1. The number of esters is 1. The Morgan fingerprint density at radius 3 is 3.10 bits per heavy atom. The molecule has 1 aromatic heterocycles. The van der Waals surface area contributed by atoms with E-state index in [0.29, 0.717) is 23.8 Å². The van der Waals surface area contributed by atoms with E-state index in [1.807, 2.05) is 25.3 Å². The van der Waals surface area contributed by atoms with Gasteiger partial charge < -0.3 is 15.4 Å². The van der Waals surface area contributed by atoms with Crippen LogP contribution in [0.3, 0.4) is 0 Å². The molecule has 2 rings (SSSR count). The number of hydrogen-bond donors (Lipinski definition) is 2. The highest BCUT2D eigenvalue weighted by Gasteiger charge is 2.19. The molecule has 0 fully saturated rings. The lowest BCUT2D eigenvalue weighted by Gasteiger charge is -2.20. The third-order valence-electron chi connectivity index (χ3n) is 2.99. The summed E-state index contributed by atoms with van der Waals surface area (Å²) in [6.45, 7) is 2.63. The van der Waals surface area contributed by atoms with Crippen LogP contribution < -0.4 is 10.6 Å². The van der Waals surface area contributed by atoms with Crippen LogP contribution in [0.25, 0.3) is 0 Å². The molecule has 2 N–H and O–H groups in total. The number of carbonyl (C=O) groups is 1. The van der Waals surface area contributed by atoms with E-state index in [0.717, 1.165) is 24.1 Å². The molecule has 0 amide bonds. The van der Waals surface area contributed by atoms with Crippen LogP contribution in [-0.2, 0) is 16.0 Å². The van der Waals surface area contributed by atoms with E-state index in [4.69, 9.17) is 17.0 Å². The SMILES string of the molecule is CC1=C(C(=O)OCCCc2cccnc2)CNC(=S)N1. The van der Waals surface area contributed by atoms with Gasteiger partial charge in [-0.15, -0.1) is 0 Å². The van der Waals surface area contributed by atoms with Gasteiger partial charge in [0.15, 0.2) is 5.11 Å². The molecule has 2 heterocycles. The molecular formula is C14H17N3O2S. The first-order chi connectivity index (χ1) is 9.66. The lowest BCUT2D eigenvalue weighted by molar-refractivity contribution is -0.139. The molecule has 0 aliphatic carbocycles. The number of carbonyl (C=O) groups excluding carboxylic acids is 1. The largest absolute Gasteiger partial charge is 0.462 e. The lowest BCUT2D eigenvalue weighted by Crippen LogP contribution is -2.42. The van der Waals surface area contributed by atoms with Crippen molar-refractivity contribution in [2.45, 2.75) is 19.8 Å². The highest BCUT2D eigenvalue weighted by Crippen LogP contribution is 2.08. The molecule has 0 unspecified atom stereocenters. The van der Waals surface area contributed by atoms with Gasteiger partial charge in [-0.3, -0.25) is 4.98 Å². The fourth-order valence-electron chi connectivity index (χ4n) is 1.89. The molecule has 5 nitrogen and oxygen atoms in total. The van der Waals surface area contributed by atoms with Gasteiger partial charge >= 0.3 is 5.97 Å². The van der Waals surface area contributed by atoms with Gasteiger partial charge in [0.25, 0.3) is 0 Å². The van der Waals surface area contributed by atoms with E-state index in [1.54, 1.807) is 6.20 Å². The number of rotatable bonds is 5. The number of allylic oxidation sites excluding steroid dienone is 1. The Morgan fingerprint density at radius 2 is 2.40 bits per heavy atom. The first-order valence-corrected chi connectivity index (χ1v) is 6.88. The van der Waals surface area contributed by atoms with Gasteiger partial charge in [0, 0.05) is 18.1 Å². The molecule has 106 valence electrons. The summed E-state index contributed by atoms with van der Waals surface area (Å²) >= 11 is 4.97. The maximum Gasteiger partial charge on any atom is 0.337 e. The summed E-state index contributed by atoms with van der Waals surface area (Å²) in [5.74, 6) is -0.295. The Bertz CT molecular complexity index is 528. The van der Waals surface area contributed by atoms with Gasteiger partial charge in [-0.05, 0) is 43.6 Å². The van der Waals surface area contributed by atoms with Crippen molar-refractivity contribution < 1.29 is 9.53 Å². The number of hydrogen-bond acceptors (Lipinski definition) is 4. The second-order valence-corrected chi connectivity index (χ2v) is 4.92. The minimum absolute atomic E-state index is 0.295. The number of aromatic nitrogens is 1. The molecule has 0 aromatic carbocycles. The second kappa shape index (κ2) is 7.00. The van der Waals surface area contributed by atoms with Crippen molar-refractivity contribution in [3.05, 3.63) is 41.4 Å². The van der Waals surface area contributed by atoms with E-state index >= 15 is 0 Å². The Hall–Kier alpha value is -1.95. The molecule has 0 saturated heterocycles. The summed E-state index contributed by atoms with van der Waals surface area (Å²) in [7, 11) is 0. The van der Waals surface area contributed by atoms with Crippen molar-refractivity contribution in [3.8, 4) is 0 Å². The van der Waals surface area contributed by atoms with E-state index in [1.165, 1.54) is 0 Å². The van der Waals surface area contributed by atoms with Crippen LogP contribution in [0, 0.1) is 0 Å². The van der Waals surface area contributed by atoms with E-state index < -0.39 is 0 Å². The molecule has 20 heavy (non-hydrogen) atoms. The predicted octanol–water partition coefficient (Wildman–Crippen LogP) is 1.31.